The van der Waals surface area contributed by atoms with Crippen molar-refractivity contribution in [3.05, 3.63) is 29.6 Å². The molecule has 0 bridgehead atoms. The molecule has 1 aromatic rings. The van der Waals surface area contributed by atoms with Crippen molar-refractivity contribution < 1.29 is 18.0 Å². The van der Waals surface area contributed by atoms with Gasteiger partial charge in [-0.3, -0.25) is 4.79 Å². The van der Waals surface area contributed by atoms with Crippen LogP contribution in [0.15, 0.2) is 12.1 Å². The molecule has 7 heteroatoms. The van der Waals surface area contributed by atoms with E-state index in [9.17, 15) is 18.0 Å². The molecule has 1 aliphatic carbocycles. The van der Waals surface area contributed by atoms with E-state index in [2.05, 4.69) is 5.32 Å². The fraction of sp³-hybridized carbons (Fsp3) is 0.273. The minimum absolute atomic E-state index is 0.00252. The Morgan fingerprint density at radius 3 is 2.44 bits per heavy atom. The van der Waals surface area contributed by atoms with Gasteiger partial charge in [0.15, 0.2) is 11.6 Å². The molecule has 2 rings (SSSR count). The van der Waals surface area contributed by atoms with Crippen LogP contribution < -0.4 is 11.1 Å². The third-order valence-corrected chi connectivity index (χ3v) is 3.29. The van der Waals surface area contributed by atoms with Crippen LogP contribution in [0.2, 0.25) is 0 Å². The van der Waals surface area contributed by atoms with Gasteiger partial charge in [-0.05, 0) is 12.8 Å². The lowest BCUT2D eigenvalue weighted by atomic mass is 10.1. The maximum absolute atomic E-state index is 13.3. The van der Waals surface area contributed by atoms with E-state index in [1.807, 2.05) is 0 Å². The van der Waals surface area contributed by atoms with Crippen molar-refractivity contribution in [2.45, 2.75) is 12.8 Å². The van der Waals surface area contributed by atoms with Gasteiger partial charge in [0.25, 0.3) is 0 Å². The van der Waals surface area contributed by atoms with Crippen molar-refractivity contribution in [1.29, 1.82) is 0 Å². The van der Waals surface area contributed by atoms with Crippen LogP contribution in [0, 0.1) is 22.9 Å². The van der Waals surface area contributed by atoms with Crippen molar-refractivity contribution in [3.8, 4) is 0 Å². The maximum Gasteiger partial charge on any atom is 0.237 e. The summed E-state index contributed by atoms with van der Waals surface area (Å²) in [5, 5.41) is 2.11. The predicted molar refractivity (Wildman–Crippen MR) is 63.4 cm³/mol. The van der Waals surface area contributed by atoms with Crippen molar-refractivity contribution in [1.82, 2.24) is 0 Å². The highest BCUT2D eigenvalue weighted by molar-refractivity contribution is 7.80. The number of nitrogens with two attached hydrogens (primary N) is 1. The zero-order valence-corrected chi connectivity index (χ0v) is 9.91. The molecule has 1 saturated carbocycles. The minimum atomic E-state index is -1.37. The summed E-state index contributed by atoms with van der Waals surface area (Å²) in [5.41, 5.74) is 3.85. The van der Waals surface area contributed by atoms with E-state index in [1.165, 1.54) is 0 Å². The summed E-state index contributed by atoms with van der Waals surface area (Å²) < 4.78 is 39.2. The third-order valence-electron chi connectivity index (χ3n) is 2.90. The summed E-state index contributed by atoms with van der Waals surface area (Å²) >= 11 is 4.75. The third kappa shape index (κ3) is 2.05. The van der Waals surface area contributed by atoms with E-state index in [0.717, 1.165) is 0 Å². The second-order valence-electron chi connectivity index (χ2n) is 4.15. The fourth-order valence-electron chi connectivity index (χ4n) is 1.60. The number of halogens is 3. The van der Waals surface area contributed by atoms with Gasteiger partial charge in [-0.25, -0.2) is 13.2 Å². The lowest BCUT2D eigenvalue weighted by Gasteiger charge is -2.14. The average molecular weight is 274 g/mol. The topological polar surface area (TPSA) is 55.1 Å². The highest BCUT2D eigenvalue weighted by Crippen LogP contribution is 2.47. The Morgan fingerprint density at radius 2 is 1.94 bits per heavy atom. The van der Waals surface area contributed by atoms with E-state index in [0.29, 0.717) is 25.0 Å². The Morgan fingerprint density at radius 1 is 1.33 bits per heavy atom. The standard InChI is InChI=1S/C11H9F3N2OS/c12-5-3-6(13)8(14)7(4-5)16-10(17)11(1-2-11)9(15)18/h3-4H,1-2H2,(H2,15,18)(H,16,17). The van der Waals surface area contributed by atoms with Crippen molar-refractivity contribution >= 4 is 28.8 Å². The highest BCUT2D eigenvalue weighted by atomic mass is 32.1. The molecule has 1 aliphatic rings. The van der Waals surface area contributed by atoms with Crippen molar-refractivity contribution in [2.24, 2.45) is 11.1 Å². The summed E-state index contributed by atoms with van der Waals surface area (Å²) in [6, 6.07) is 1.09. The van der Waals surface area contributed by atoms with Gasteiger partial charge >= 0.3 is 0 Å². The van der Waals surface area contributed by atoms with Crippen LogP contribution in [0.4, 0.5) is 18.9 Å². The number of carbonyl (C=O) groups excluding carboxylic acids is 1. The van der Waals surface area contributed by atoms with Crippen LogP contribution in [-0.4, -0.2) is 10.9 Å². The molecule has 3 nitrogen and oxygen atoms in total. The molecule has 0 unspecified atom stereocenters. The number of rotatable bonds is 3. The van der Waals surface area contributed by atoms with E-state index in [-0.39, 0.29) is 4.99 Å². The number of thiocarbonyl (C=S) groups is 1. The molecule has 0 atom stereocenters. The van der Waals surface area contributed by atoms with E-state index >= 15 is 0 Å². The van der Waals surface area contributed by atoms with Crippen LogP contribution in [-0.2, 0) is 4.79 Å². The maximum atomic E-state index is 13.3. The monoisotopic (exact) mass is 274 g/mol. The molecule has 96 valence electrons. The number of hydrogen-bond acceptors (Lipinski definition) is 2. The average Bonchev–Trinajstić information content (AvgIpc) is 3.06. The molecule has 0 heterocycles. The molecule has 0 aliphatic heterocycles. The highest BCUT2D eigenvalue weighted by Gasteiger charge is 2.52. The zero-order valence-electron chi connectivity index (χ0n) is 9.10. The van der Waals surface area contributed by atoms with Gasteiger partial charge in [0.1, 0.15) is 5.82 Å². The first-order chi connectivity index (χ1) is 8.36. The molecular formula is C11H9F3N2OS. The van der Waals surface area contributed by atoms with Gasteiger partial charge in [-0.1, -0.05) is 12.2 Å². The Labute approximate surface area is 106 Å². The number of amides is 1. The van der Waals surface area contributed by atoms with Gasteiger partial charge in [-0.15, -0.1) is 0 Å². The largest absolute Gasteiger partial charge is 0.392 e. The number of carbonyl (C=O) groups is 1. The lowest BCUT2D eigenvalue weighted by Crippen LogP contribution is -2.35. The first kappa shape index (κ1) is 12.8. The first-order valence-corrected chi connectivity index (χ1v) is 5.53. The molecule has 0 radical (unpaired) electrons. The summed E-state index contributed by atoms with van der Waals surface area (Å²) in [7, 11) is 0. The second kappa shape index (κ2) is 4.24. The Bertz CT molecular complexity index is 543. The van der Waals surface area contributed by atoms with Crippen LogP contribution in [0.25, 0.3) is 0 Å². The van der Waals surface area contributed by atoms with Gasteiger partial charge in [-0.2, -0.15) is 0 Å². The molecule has 18 heavy (non-hydrogen) atoms. The number of nitrogens with one attached hydrogen (secondary N) is 1. The van der Waals surface area contributed by atoms with Gasteiger partial charge in [0, 0.05) is 12.1 Å². The van der Waals surface area contributed by atoms with Gasteiger partial charge < -0.3 is 11.1 Å². The number of anilines is 1. The van der Waals surface area contributed by atoms with Crippen LogP contribution in [0.3, 0.4) is 0 Å². The summed E-state index contributed by atoms with van der Waals surface area (Å²) in [6.07, 6.45) is 0.904. The first-order valence-electron chi connectivity index (χ1n) is 5.13. The number of hydrogen-bond donors (Lipinski definition) is 2. The SMILES string of the molecule is NC(=S)C1(C(=O)Nc2cc(F)cc(F)c2F)CC1. The summed E-state index contributed by atoms with van der Waals surface area (Å²) in [4.78, 5) is 11.8. The zero-order chi connectivity index (χ0) is 13.5. The Kier molecular flexibility index (Phi) is 3.02. The summed E-state index contributed by atoms with van der Waals surface area (Å²) in [6.45, 7) is 0. The van der Waals surface area contributed by atoms with Crippen LogP contribution >= 0.6 is 12.2 Å². The van der Waals surface area contributed by atoms with Gasteiger partial charge in [0.05, 0.1) is 16.1 Å². The molecule has 1 aromatic carbocycles. The number of benzene rings is 1. The normalized spacial score (nSPS) is 16.2. The van der Waals surface area contributed by atoms with E-state index in [4.69, 9.17) is 18.0 Å². The van der Waals surface area contributed by atoms with Crippen molar-refractivity contribution in [3.63, 3.8) is 0 Å². The fourth-order valence-corrected chi connectivity index (χ4v) is 1.90. The Balaban J connectivity index is 2.25. The molecule has 1 amide bonds. The van der Waals surface area contributed by atoms with Gasteiger partial charge in [0.2, 0.25) is 5.91 Å². The lowest BCUT2D eigenvalue weighted by molar-refractivity contribution is -0.118. The molecule has 0 saturated heterocycles. The molecular weight excluding hydrogens is 265 g/mol. The minimum Gasteiger partial charge on any atom is -0.392 e. The van der Waals surface area contributed by atoms with Crippen molar-refractivity contribution in [2.75, 3.05) is 5.32 Å². The molecule has 0 spiro atoms. The quantitative estimate of drug-likeness (QED) is 0.655. The predicted octanol–water partition coefficient (Wildman–Crippen LogP) is 2.11. The van der Waals surface area contributed by atoms with E-state index in [1.54, 1.807) is 0 Å². The molecule has 3 N–H and O–H groups in total. The van der Waals surface area contributed by atoms with Crippen LogP contribution in [0.1, 0.15) is 12.8 Å². The molecule has 1 fully saturated rings. The van der Waals surface area contributed by atoms with Crippen LogP contribution in [0.5, 0.6) is 0 Å². The smallest absolute Gasteiger partial charge is 0.237 e. The molecule has 0 aromatic heterocycles. The second-order valence-corrected chi connectivity index (χ2v) is 4.59. The Hall–Kier alpha value is -1.63. The van der Waals surface area contributed by atoms with E-state index < -0.39 is 34.5 Å². The summed E-state index contributed by atoms with van der Waals surface area (Å²) in [5.74, 6) is -4.31.